The van der Waals surface area contributed by atoms with Gasteiger partial charge in [-0.3, -0.25) is 4.90 Å². The van der Waals surface area contributed by atoms with E-state index in [1.807, 2.05) is 19.9 Å². The van der Waals surface area contributed by atoms with Gasteiger partial charge in [-0.15, -0.1) is 0 Å². The molecule has 1 fully saturated rings. The summed E-state index contributed by atoms with van der Waals surface area (Å²) in [5.41, 5.74) is 2.85. The van der Waals surface area contributed by atoms with Crippen LogP contribution in [0.1, 0.15) is 17.1 Å². The SMILES string of the molecule is Cc1cc2c(CN3CCNCC3)c3oc(C)cc3c(Cl)c2o1. The van der Waals surface area contributed by atoms with Crippen molar-refractivity contribution >= 4 is 33.5 Å². The second kappa shape index (κ2) is 5.30. The summed E-state index contributed by atoms with van der Waals surface area (Å²) in [6.45, 7) is 8.92. The van der Waals surface area contributed by atoms with E-state index in [-0.39, 0.29) is 0 Å². The van der Waals surface area contributed by atoms with Crippen LogP contribution in [0.4, 0.5) is 0 Å². The van der Waals surface area contributed by atoms with Crippen molar-refractivity contribution in [2.24, 2.45) is 0 Å². The Morgan fingerprint density at radius 1 is 1.05 bits per heavy atom. The van der Waals surface area contributed by atoms with Crippen molar-refractivity contribution in [1.82, 2.24) is 10.2 Å². The molecule has 5 heteroatoms. The molecule has 0 aliphatic carbocycles. The van der Waals surface area contributed by atoms with Crippen molar-refractivity contribution in [3.05, 3.63) is 34.2 Å². The van der Waals surface area contributed by atoms with Crippen molar-refractivity contribution < 1.29 is 8.83 Å². The molecule has 4 rings (SSSR count). The maximum absolute atomic E-state index is 6.54. The molecular weight excluding hydrogens is 300 g/mol. The molecule has 1 aromatic carbocycles. The molecule has 3 aromatic rings. The largest absolute Gasteiger partial charge is 0.461 e. The number of benzene rings is 1. The second-order valence-electron chi connectivity index (χ2n) is 6.02. The Morgan fingerprint density at radius 2 is 1.68 bits per heavy atom. The zero-order valence-corrected chi connectivity index (χ0v) is 13.6. The second-order valence-corrected chi connectivity index (χ2v) is 6.40. The van der Waals surface area contributed by atoms with Crippen molar-refractivity contribution in [3.63, 3.8) is 0 Å². The topological polar surface area (TPSA) is 41.5 Å². The van der Waals surface area contributed by atoms with Gasteiger partial charge in [0, 0.05) is 49.1 Å². The van der Waals surface area contributed by atoms with E-state index < -0.39 is 0 Å². The lowest BCUT2D eigenvalue weighted by atomic mass is 10.1. The quantitative estimate of drug-likeness (QED) is 0.779. The highest BCUT2D eigenvalue weighted by molar-refractivity contribution is 6.40. The van der Waals surface area contributed by atoms with Crippen molar-refractivity contribution in [3.8, 4) is 0 Å². The zero-order chi connectivity index (χ0) is 15.3. The number of halogens is 1. The fourth-order valence-electron chi connectivity index (χ4n) is 3.30. The van der Waals surface area contributed by atoms with Crippen LogP contribution in [0.2, 0.25) is 5.02 Å². The minimum absolute atomic E-state index is 0.652. The molecule has 22 heavy (non-hydrogen) atoms. The van der Waals surface area contributed by atoms with Gasteiger partial charge in [-0.1, -0.05) is 11.6 Å². The van der Waals surface area contributed by atoms with Crippen LogP contribution < -0.4 is 5.32 Å². The predicted molar refractivity (Wildman–Crippen MR) is 88.6 cm³/mol. The highest BCUT2D eigenvalue weighted by Crippen LogP contribution is 2.39. The number of hydrogen-bond acceptors (Lipinski definition) is 4. The molecule has 0 amide bonds. The number of rotatable bonds is 2. The van der Waals surface area contributed by atoms with E-state index in [1.54, 1.807) is 0 Å². The van der Waals surface area contributed by atoms with E-state index >= 15 is 0 Å². The van der Waals surface area contributed by atoms with E-state index in [1.165, 1.54) is 5.56 Å². The summed E-state index contributed by atoms with van der Waals surface area (Å²) in [5, 5.41) is 6.06. The Bertz CT molecular complexity index is 786. The molecule has 0 saturated carbocycles. The third kappa shape index (κ3) is 2.22. The average Bonchev–Trinajstić information content (AvgIpc) is 3.08. The van der Waals surface area contributed by atoms with E-state index in [4.69, 9.17) is 20.4 Å². The van der Waals surface area contributed by atoms with E-state index in [2.05, 4.69) is 16.3 Å². The van der Waals surface area contributed by atoms with Gasteiger partial charge in [0.25, 0.3) is 0 Å². The summed E-state index contributed by atoms with van der Waals surface area (Å²) < 4.78 is 11.8. The smallest absolute Gasteiger partial charge is 0.154 e. The standard InChI is InChI=1S/C17H19ClN2O2/c1-10-7-12-14(9-20-5-3-19-4-6-20)16-13(8-11(2)21-16)15(18)17(12)22-10/h7-8,19H,3-6,9H2,1-2H3. The van der Waals surface area contributed by atoms with Crippen LogP contribution in [0.25, 0.3) is 21.9 Å². The maximum atomic E-state index is 6.54. The summed E-state index contributed by atoms with van der Waals surface area (Å²) in [5.74, 6) is 1.76. The van der Waals surface area contributed by atoms with E-state index in [9.17, 15) is 0 Å². The monoisotopic (exact) mass is 318 g/mol. The molecule has 1 aliphatic heterocycles. The van der Waals surface area contributed by atoms with Crippen LogP contribution in [0.15, 0.2) is 21.0 Å². The summed E-state index contributed by atoms with van der Waals surface area (Å²) >= 11 is 6.54. The number of aryl methyl sites for hydroxylation is 2. The van der Waals surface area contributed by atoms with Crippen molar-refractivity contribution in [1.29, 1.82) is 0 Å². The molecule has 0 unspecified atom stereocenters. The van der Waals surface area contributed by atoms with Crippen LogP contribution in [0, 0.1) is 13.8 Å². The summed E-state index contributed by atoms with van der Waals surface area (Å²) in [7, 11) is 0. The van der Waals surface area contributed by atoms with Gasteiger partial charge in [0.1, 0.15) is 17.1 Å². The van der Waals surface area contributed by atoms with Crippen LogP contribution in [0.3, 0.4) is 0 Å². The van der Waals surface area contributed by atoms with Crippen LogP contribution in [0.5, 0.6) is 0 Å². The first-order valence-corrected chi connectivity index (χ1v) is 8.05. The van der Waals surface area contributed by atoms with Crippen LogP contribution in [-0.4, -0.2) is 31.1 Å². The summed E-state index contributed by atoms with van der Waals surface area (Å²) in [6, 6.07) is 4.06. The molecule has 0 bridgehead atoms. The number of piperazine rings is 1. The van der Waals surface area contributed by atoms with Crippen LogP contribution >= 0.6 is 11.6 Å². The Morgan fingerprint density at radius 3 is 2.41 bits per heavy atom. The maximum Gasteiger partial charge on any atom is 0.154 e. The summed E-state index contributed by atoms with van der Waals surface area (Å²) in [4.78, 5) is 2.44. The molecule has 0 atom stereocenters. The van der Waals surface area contributed by atoms with Gasteiger partial charge in [0.15, 0.2) is 5.58 Å². The minimum atomic E-state index is 0.652. The number of nitrogens with zero attached hydrogens (tertiary/aromatic N) is 1. The number of furan rings is 2. The Balaban J connectivity index is 1.93. The van der Waals surface area contributed by atoms with Gasteiger partial charge in [-0.25, -0.2) is 0 Å². The normalized spacial score (nSPS) is 16.9. The fraction of sp³-hybridized carbons (Fsp3) is 0.412. The molecule has 1 N–H and O–H groups in total. The number of hydrogen-bond donors (Lipinski definition) is 1. The molecule has 3 heterocycles. The van der Waals surface area contributed by atoms with Crippen LogP contribution in [-0.2, 0) is 6.54 Å². The summed E-state index contributed by atoms with van der Waals surface area (Å²) in [6.07, 6.45) is 0. The number of nitrogens with one attached hydrogen (secondary N) is 1. The van der Waals surface area contributed by atoms with E-state index in [0.717, 1.165) is 66.2 Å². The highest BCUT2D eigenvalue weighted by Gasteiger charge is 2.22. The molecule has 0 spiro atoms. The van der Waals surface area contributed by atoms with Gasteiger partial charge in [-0.05, 0) is 26.0 Å². The van der Waals surface area contributed by atoms with E-state index in [0.29, 0.717) is 5.02 Å². The van der Waals surface area contributed by atoms with Crippen molar-refractivity contribution in [2.45, 2.75) is 20.4 Å². The van der Waals surface area contributed by atoms with Gasteiger partial charge < -0.3 is 14.2 Å². The highest BCUT2D eigenvalue weighted by atomic mass is 35.5. The molecule has 116 valence electrons. The van der Waals surface area contributed by atoms with Gasteiger partial charge >= 0.3 is 0 Å². The fourth-order valence-corrected chi connectivity index (χ4v) is 3.58. The van der Waals surface area contributed by atoms with Gasteiger partial charge in [0.05, 0.1) is 5.02 Å². The lowest BCUT2D eigenvalue weighted by Gasteiger charge is -2.27. The van der Waals surface area contributed by atoms with Gasteiger partial charge in [-0.2, -0.15) is 0 Å². The molecule has 0 radical (unpaired) electrons. The average molecular weight is 319 g/mol. The first-order valence-electron chi connectivity index (χ1n) is 7.67. The Kier molecular flexibility index (Phi) is 3.40. The molecular formula is C17H19ClN2O2. The number of fused-ring (bicyclic) bond motifs is 2. The zero-order valence-electron chi connectivity index (χ0n) is 12.8. The van der Waals surface area contributed by atoms with Gasteiger partial charge in [0.2, 0.25) is 0 Å². The minimum Gasteiger partial charge on any atom is -0.461 e. The first-order chi connectivity index (χ1) is 10.6. The lowest BCUT2D eigenvalue weighted by molar-refractivity contribution is 0.234. The third-order valence-electron chi connectivity index (χ3n) is 4.34. The molecule has 1 aliphatic rings. The first kappa shape index (κ1) is 14.1. The molecule has 2 aromatic heterocycles. The Labute approximate surface area is 134 Å². The molecule has 1 saturated heterocycles. The predicted octanol–water partition coefficient (Wildman–Crippen LogP) is 3.85. The molecule has 4 nitrogen and oxygen atoms in total. The van der Waals surface area contributed by atoms with Crippen molar-refractivity contribution in [2.75, 3.05) is 26.2 Å². The Hall–Kier alpha value is -1.49. The lowest BCUT2D eigenvalue weighted by Crippen LogP contribution is -2.42. The third-order valence-corrected chi connectivity index (χ3v) is 4.71.